The van der Waals surface area contributed by atoms with Crippen molar-refractivity contribution in [2.24, 2.45) is 5.92 Å². The maximum atomic E-state index is 13.3. The first kappa shape index (κ1) is 12.6. The van der Waals surface area contributed by atoms with E-state index in [-0.39, 0.29) is 5.82 Å². The maximum Gasteiger partial charge on any atom is 0.123 e. The van der Waals surface area contributed by atoms with Crippen LogP contribution in [0.3, 0.4) is 0 Å². The molecule has 0 heterocycles. The van der Waals surface area contributed by atoms with E-state index in [1.54, 1.807) is 12.1 Å². The van der Waals surface area contributed by atoms with E-state index >= 15 is 0 Å². The summed E-state index contributed by atoms with van der Waals surface area (Å²) < 4.78 is 13.3. The minimum atomic E-state index is -0.120. The first-order valence-corrected chi connectivity index (χ1v) is 6.57. The Morgan fingerprint density at radius 3 is 2.18 bits per heavy atom. The fourth-order valence-electron chi connectivity index (χ4n) is 3.32. The molecular weight excluding hydrogens is 213 g/mol. The van der Waals surface area contributed by atoms with E-state index in [0.29, 0.717) is 12.0 Å². The van der Waals surface area contributed by atoms with Crippen molar-refractivity contribution in [1.29, 1.82) is 0 Å². The third-order valence-corrected chi connectivity index (χ3v) is 4.05. The van der Waals surface area contributed by atoms with Gasteiger partial charge in [0.15, 0.2) is 0 Å². The molecule has 2 rings (SSSR count). The second kappa shape index (κ2) is 5.18. The molecule has 0 spiro atoms. The van der Waals surface area contributed by atoms with Crippen LogP contribution >= 0.6 is 0 Å². The van der Waals surface area contributed by atoms with Crippen molar-refractivity contribution in [3.8, 4) is 0 Å². The molecule has 1 aliphatic rings. The number of halogens is 1. The zero-order valence-corrected chi connectivity index (χ0v) is 11.0. The summed E-state index contributed by atoms with van der Waals surface area (Å²) in [5.41, 5.74) is 3.46. The summed E-state index contributed by atoms with van der Waals surface area (Å²) in [6.45, 7) is 4.04. The smallest absolute Gasteiger partial charge is 0.123 e. The Hall–Kier alpha value is -0.890. The number of rotatable bonds is 3. The zero-order chi connectivity index (χ0) is 12.4. The summed E-state index contributed by atoms with van der Waals surface area (Å²) in [5, 5.41) is 3.44. The first-order chi connectivity index (χ1) is 8.13. The van der Waals surface area contributed by atoms with Crippen LogP contribution in [0.25, 0.3) is 0 Å². The van der Waals surface area contributed by atoms with Gasteiger partial charge in [-0.2, -0.15) is 0 Å². The normalized spacial score (nSPS) is 18.6. The largest absolute Gasteiger partial charge is 0.313 e. The molecule has 1 saturated carbocycles. The first-order valence-electron chi connectivity index (χ1n) is 6.57. The van der Waals surface area contributed by atoms with Crippen LogP contribution in [-0.2, 0) is 0 Å². The van der Waals surface area contributed by atoms with E-state index in [4.69, 9.17) is 0 Å². The molecule has 2 heteroatoms. The number of nitrogens with one attached hydrogen (secondary N) is 1. The van der Waals surface area contributed by atoms with Crippen LogP contribution in [0.15, 0.2) is 12.1 Å². The minimum absolute atomic E-state index is 0.120. The zero-order valence-electron chi connectivity index (χ0n) is 11.0. The van der Waals surface area contributed by atoms with Crippen molar-refractivity contribution in [3.05, 3.63) is 34.6 Å². The van der Waals surface area contributed by atoms with Crippen molar-refractivity contribution in [2.75, 3.05) is 7.05 Å². The van der Waals surface area contributed by atoms with Crippen LogP contribution in [0.2, 0.25) is 0 Å². The number of hydrogen-bond donors (Lipinski definition) is 1. The van der Waals surface area contributed by atoms with Gasteiger partial charge in [-0.15, -0.1) is 0 Å². The second-order valence-electron chi connectivity index (χ2n) is 5.26. The van der Waals surface area contributed by atoms with Gasteiger partial charge in [0, 0.05) is 6.04 Å². The molecule has 0 aromatic heterocycles. The van der Waals surface area contributed by atoms with Gasteiger partial charge >= 0.3 is 0 Å². The predicted molar refractivity (Wildman–Crippen MR) is 69.6 cm³/mol. The molecular formula is C15H22FN. The SMILES string of the molecule is CNC(c1c(C)cc(F)cc1C)C1CCCC1. The molecule has 94 valence electrons. The third kappa shape index (κ3) is 2.52. The molecule has 0 amide bonds. The highest BCUT2D eigenvalue weighted by Gasteiger charge is 2.27. The van der Waals surface area contributed by atoms with Gasteiger partial charge in [-0.25, -0.2) is 4.39 Å². The van der Waals surface area contributed by atoms with Crippen LogP contribution in [0.4, 0.5) is 4.39 Å². The molecule has 0 saturated heterocycles. The molecule has 0 bridgehead atoms. The molecule has 0 aliphatic heterocycles. The van der Waals surface area contributed by atoms with Gasteiger partial charge in [0.05, 0.1) is 0 Å². The highest BCUT2D eigenvalue weighted by atomic mass is 19.1. The molecule has 1 unspecified atom stereocenters. The maximum absolute atomic E-state index is 13.3. The topological polar surface area (TPSA) is 12.0 Å². The van der Waals surface area contributed by atoms with Crippen molar-refractivity contribution in [3.63, 3.8) is 0 Å². The number of aryl methyl sites for hydroxylation is 2. The molecule has 17 heavy (non-hydrogen) atoms. The van der Waals surface area contributed by atoms with E-state index in [0.717, 1.165) is 11.1 Å². The quantitative estimate of drug-likeness (QED) is 0.838. The van der Waals surface area contributed by atoms with Crippen LogP contribution < -0.4 is 5.32 Å². The van der Waals surface area contributed by atoms with Crippen molar-refractivity contribution in [2.45, 2.75) is 45.6 Å². The number of benzene rings is 1. The van der Waals surface area contributed by atoms with E-state index in [2.05, 4.69) is 5.32 Å². The Balaban J connectivity index is 2.36. The molecule has 1 N–H and O–H groups in total. The highest BCUT2D eigenvalue weighted by molar-refractivity contribution is 5.37. The average Bonchev–Trinajstić information content (AvgIpc) is 2.76. The van der Waals surface area contributed by atoms with E-state index in [1.807, 2.05) is 20.9 Å². The molecule has 1 aliphatic carbocycles. The van der Waals surface area contributed by atoms with Crippen molar-refractivity contribution in [1.82, 2.24) is 5.32 Å². The Labute approximate surface area is 103 Å². The van der Waals surface area contributed by atoms with Gasteiger partial charge in [0.1, 0.15) is 5.82 Å². The van der Waals surface area contributed by atoms with Crippen molar-refractivity contribution >= 4 is 0 Å². The highest BCUT2D eigenvalue weighted by Crippen LogP contribution is 2.37. The number of hydrogen-bond acceptors (Lipinski definition) is 1. The minimum Gasteiger partial charge on any atom is -0.313 e. The molecule has 1 aromatic rings. The van der Waals surface area contributed by atoms with Gasteiger partial charge < -0.3 is 5.32 Å². The Kier molecular flexibility index (Phi) is 3.82. The van der Waals surface area contributed by atoms with Crippen LogP contribution in [0.5, 0.6) is 0 Å². The molecule has 1 nitrogen and oxygen atoms in total. The molecule has 0 radical (unpaired) electrons. The van der Waals surface area contributed by atoms with Gasteiger partial charge in [-0.1, -0.05) is 12.8 Å². The van der Waals surface area contributed by atoms with Gasteiger partial charge in [0.2, 0.25) is 0 Å². The lowest BCUT2D eigenvalue weighted by atomic mass is 9.86. The van der Waals surface area contributed by atoms with Crippen LogP contribution in [-0.4, -0.2) is 7.05 Å². The van der Waals surface area contributed by atoms with E-state index < -0.39 is 0 Å². The molecule has 1 aromatic carbocycles. The van der Waals surface area contributed by atoms with Gasteiger partial charge in [-0.05, 0) is 68.5 Å². The fraction of sp³-hybridized carbons (Fsp3) is 0.600. The van der Waals surface area contributed by atoms with E-state index in [1.165, 1.54) is 31.2 Å². The average molecular weight is 235 g/mol. The fourth-order valence-corrected chi connectivity index (χ4v) is 3.32. The lowest BCUT2D eigenvalue weighted by Crippen LogP contribution is -2.25. The predicted octanol–water partition coefficient (Wildman–Crippen LogP) is 3.89. The molecule has 1 fully saturated rings. The van der Waals surface area contributed by atoms with Gasteiger partial charge in [-0.3, -0.25) is 0 Å². The summed E-state index contributed by atoms with van der Waals surface area (Å²) in [7, 11) is 2.02. The monoisotopic (exact) mass is 235 g/mol. The lowest BCUT2D eigenvalue weighted by molar-refractivity contribution is 0.387. The Morgan fingerprint density at radius 2 is 1.71 bits per heavy atom. The van der Waals surface area contributed by atoms with Crippen LogP contribution in [0, 0.1) is 25.6 Å². The third-order valence-electron chi connectivity index (χ3n) is 4.05. The summed E-state index contributed by atoms with van der Waals surface area (Å²) in [6, 6.07) is 3.70. The van der Waals surface area contributed by atoms with Crippen molar-refractivity contribution < 1.29 is 4.39 Å². The molecule has 1 atom stereocenters. The van der Waals surface area contributed by atoms with E-state index in [9.17, 15) is 4.39 Å². The Morgan fingerprint density at radius 1 is 1.18 bits per heavy atom. The summed E-state index contributed by atoms with van der Waals surface area (Å²) in [5.74, 6) is 0.591. The summed E-state index contributed by atoms with van der Waals surface area (Å²) in [6.07, 6.45) is 5.26. The van der Waals surface area contributed by atoms with Crippen LogP contribution in [0.1, 0.15) is 48.4 Å². The second-order valence-corrected chi connectivity index (χ2v) is 5.26. The van der Waals surface area contributed by atoms with Gasteiger partial charge in [0.25, 0.3) is 0 Å². The standard InChI is InChI=1S/C15H22FN/c1-10-8-13(16)9-11(2)14(10)15(17-3)12-6-4-5-7-12/h8-9,12,15,17H,4-7H2,1-3H3. The Bertz CT molecular complexity index is 371. The summed E-state index contributed by atoms with van der Waals surface area (Å²) >= 11 is 0. The lowest BCUT2D eigenvalue weighted by Gasteiger charge is -2.26. The summed E-state index contributed by atoms with van der Waals surface area (Å²) in [4.78, 5) is 0.